The molecule has 138 valence electrons. The largest absolute Gasteiger partial charge is 0.507 e. The number of benzene rings is 6. The quantitative estimate of drug-likeness (QED) is 0.271. The molecule has 0 fully saturated rings. The summed E-state index contributed by atoms with van der Waals surface area (Å²) in [5.41, 5.74) is 3.79. The van der Waals surface area contributed by atoms with Crippen molar-refractivity contribution in [3.63, 3.8) is 0 Å². The predicted octanol–water partition coefficient (Wildman–Crippen LogP) is 7.44. The molecule has 0 amide bonds. The van der Waals surface area contributed by atoms with Crippen LogP contribution in [0.3, 0.4) is 0 Å². The number of hydrogen-bond acceptors (Lipinski definition) is 1. The number of aromatic hydroxyl groups is 1. The Kier molecular flexibility index (Phi) is 2.35. The first-order chi connectivity index (χ1) is 14.8. The van der Waals surface area contributed by atoms with Gasteiger partial charge < -0.3 is 9.51 Å². The van der Waals surface area contributed by atoms with Crippen LogP contribution in [0.15, 0.2) is 84.9 Å². The molecule has 8 rings (SSSR count). The third kappa shape index (κ3) is 1.46. The molecule has 0 aliphatic carbocycles. The number of fused-ring (bicyclic) bond motifs is 9. The van der Waals surface area contributed by atoms with Gasteiger partial charge in [-0.2, -0.15) is 0 Å². The lowest BCUT2D eigenvalue weighted by Gasteiger charge is -2.13. The number of aromatic nitrogens is 1. The normalized spacial score (nSPS) is 12.8. The lowest BCUT2D eigenvalue weighted by Crippen LogP contribution is -1.85. The molecule has 6 aromatic carbocycles. The second kappa shape index (κ2) is 4.74. The zero-order chi connectivity index (χ0) is 19.6. The minimum atomic E-state index is 0.342. The third-order valence-corrected chi connectivity index (χ3v) is 6.95. The van der Waals surface area contributed by atoms with E-state index in [1.165, 1.54) is 54.3 Å². The van der Waals surface area contributed by atoms with Crippen LogP contribution in [0.1, 0.15) is 0 Å². The highest BCUT2D eigenvalue weighted by Crippen LogP contribution is 2.49. The maximum atomic E-state index is 10.8. The smallest absolute Gasteiger partial charge is 0.124 e. The Labute approximate surface area is 170 Å². The van der Waals surface area contributed by atoms with E-state index in [2.05, 4.69) is 71.1 Å². The van der Waals surface area contributed by atoms with Gasteiger partial charge in [0, 0.05) is 26.9 Å². The van der Waals surface area contributed by atoms with Crippen molar-refractivity contribution in [3.8, 4) is 5.75 Å². The van der Waals surface area contributed by atoms with E-state index in [0.717, 1.165) is 16.2 Å². The van der Waals surface area contributed by atoms with Crippen LogP contribution in [0.25, 0.3) is 70.4 Å². The molecule has 2 aromatic heterocycles. The molecule has 2 heterocycles. The van der Waals surface area contributed by atoms with Crippen LogP contribution in [0.2, 0.25) is 0 Å². The summed E-state index contributed by atoms with van der Waals surface area (Å²) in [6.07, 6.45) is 0. The molecule has 0 aliphatic heterocycles. The lowest BCUT2D eigenvalue weighted by atomic mass is 9.90. The van der Waals surface area contributed by atoms with Crippen molar-refractivity contribution in [1.29, 1.82) is 0 Å². The van der Waals surface area contributed by atoms with Crippen molar-refractivity contribution in [2.45, 2.75) is 0 Å². The van der Waals surface area contributed by atoms with Gasteiger partial charge in [0.25, 0.3) is 0 Å². The summed E-state index contributed by atoms with van der Waals surface area (Å²) in [6.45, 7) is 0. The fourth-order valence-electron chi connectivity index (χ4n) is 5.84. The zero-order valence-electron chi connectivity index (χ0n) is 16.0. The number of hydrogen-bond donors (Lipinski definition) is 1. The standard InChI is InChI=1S/C28H15NO/c30-24-14-21-18-9-5-11-23-26(18)27-20(25(21)17-8-2-1-7-16(17)24)13-12-19-15-6-3-4-10-22(15)29(23)28(19)27/h1-14,30H. The molecule has 0 aliphatic rings. The Morgan fingerprint density at radius 1 is 0.467 bits per heavy atom. The Bertz CT molecular complexity index is 1960. The van der Waals surface area contributed by atoms with Gasteiger partial charge in [0.2, 0.25) is 0 Å². The molecule has 1 N–H and O–H groups in total. The third-order valence-electron chi connectivity index (χ3n) is 6.95. The molecular formula is C28H15NO. The fraction of sp³-hybridized carbons (Fsp3) is 0. The van der Waals surface area contributed by atoms with Gasteiger partial charge in [0.1, 0.15) is 5.75 Å². The molecule has 0 atom stereocenters. The number of nitrogens with zero attached hydrogens (tertiary/aromatic N) is 1. The van der Waals surface area contributed by atoms with Crippen molar-refractivity contribution in [1.82, 2.24) is 4.40 Å². The van der Waals surface area contributed by atoms with Gasteiger partial charge in [-0.1, -0.05) is 66.7 Å². The van der Waals surface area contributed by atoms with Crippen molar-refractivity contribution < 1.29 is 5.11 Å². The van der Waals surface area contributed by atoms with Gasteiger partial charge in [-0.3, -0.25) is 0 Å². The SMILES string of the molecule is Oc1cc2c3cccc4c3c3c(ccc5c6ccccc6n4c53)c2c2ccccc12. The van der Waals surface area contributed by atoms with E-state index >= 15 is 0 Å². The summed E-state index contributed by atoms with van der Waals surface area (Å²) >= 11 is 0. The minimum absolute atomic E-state index is 0.342. The van der Waals surface area contributed by atoms with E-state index in [-0.39, 0.29) is 0 Å². The van der Waals surface area contributed by atoms with Gasteiger partial charge in [0.05, 0.1) is 16.6 Å². The first-order valence-electron chi connectivity index (χ1n) is 10.3. The number of phenols is 1. The molecular weight excluding hydrogens is 366 g/mol. The fourth-order valence-corrected chi connectivity index (χ4v) is 5.84. The first-order valence-corrected chi connectivity index (χ1v) is 10.3. The van der Waals surface area contributed by atoms with Crippen LogP contribution in [0.4, 0.5) is 0 Å². The van der Waals surface area contributed by atoms with E-state index in [9.17, 15) is 5.11 Å². The molecule has 30 heavy (non-hydrogen) atoms. The van der Waals surface area contributed by atoms with Crippen molar-refractivity contribution >= 4 is 70.4 Å². The molecule has 0 unspecified atom stereocenters. The predicted molar refractivity (Wildman–Crippen MR) is 126 cm³/mol. The Hall–Kier alpha value is -4.04. The average molecular weight is 381 g/mol. The molecule has 0 saturated carbocycles. The molecule has 0 saturated heterocycles. The van der Waals surface area contributed by atoms with Gasteiger partial charge >= 0.3 is 0 Å². The molecule has 2 heteroatoms. The van der Waals surface area contributed by atoms with E-state index in [1.54, 1.807) is 0 Å². The number of phenolic OH excluding ortho intramolecular Hbond substituents is 1. The average Bonchev–Trinajstić information content (AvgIpc) is 3.31. The first kappa shape index (κ1) is 14.9. The van der Waals surface area contributed by atoms with Crippen molar-refractivity contribution in [2.75, 3.05) is 0 Å². The monoisotopic (exact) mass is 381 g/mol. The summed E-state index contributed by atoms with van der Waals surface area (Å²) in [7, 11) is 0. The summed E-state index contributed by atoms with van der Waals surface area (Å²) in [5, 5.41) is 22.9. The summed E-state index contributed by atoms with van der Waals surface area (Å²) in [6, 6.07) is 29.9. The van der Waals surface area contributed by atoms with E-state index < -0.39 is 0 Å². The molecule has 8 aromatic rings. The highest BCUT2D eigenvalue weighted by molar-refractivity contribution is 6.41. The van der Waals surface area contributed by atoms with E-state index in [1.807, 2.05) is 18.2 Å². The summed E-state index contributed by atoms with van der Waals surface area (Å²) in [4.78, 5) is 0. The van der Waals surface area contributed by atoms with Crippen LogP contribution in [0.5, 0.6) is 5.75 Å². The van der Waals surface area contributed by atoms with Gasteiger partial charge in [-0.05, 0) is 45.1 Å². The minimum Gasteiger partial charge on any atom is -0.507 e. The summed E-state index contributed by atoms with van der Waals surface area (Å²) < 4.78 is 2.43. The molecule has 0 radical (unpaired) electrons. The Balaban J connectivity index is 1.85. The molecule has 2 nitrogen and oxygen atoms in total. The highest BCUT2D eigenvalue weighted by Gasteiger charge is 2.23. The van der Waals surface area contributed by atoms with Crippen LogP contribution < -0.4 is 0 Å². The van der Waals surface area contributed by atoms with Crippen molar-refractivity contribution in [3.05, 3.63) is 84.9 Å². The van der Waals surface area contributed by atoms with Gasteiger partial charge in [-0.25, -0.2) is 0 Å². The Morgan fingerprint density at radius 3 is 2.03 bits per heavy atom. The Morgan fingerprint density at radius 2 is 1.13 bits per heavy atom. The van der Waals surface area contributed by atoms with E-state index in [0.29, 0.717) is 5.75 Å². The maximum absolute atomic E-state index is 10.8. The second-order valence-corrected chi connectivity index (χ2v) is 8.30. The number of rotatable bonds is 0. The van der Waals surface area contributed by atoms with Crippen LogP contribution in [-0.2, 0) is 0 Å². The highest BCUT2D eigenvalue weighted by atomic mass is 16.3. The topological polar surface area (TPSA) is 24.6 Å². The van der Waals surface area contributed by atoms with Gasteiger partial charge in [0.15, 0.2) is 0 Å². The number of para-hydroxylation sites is 1. The zero-order valence-corrected chi connectivity index (χ0v) is 16.0. The maximum Gasteiger partial charge on any atom is 0.124 e. The molecule has 0 spiro atoms. The van der Waals surface area contributed by atoms with Gasteiger partial charge in [-0.15, -0.1) is 0 Å². The van der Waals surface area contributed by atoms with Crippen LogP contribution in [0, 0.1) is 0 Å². The van der Waals surface area contributed by atoms with E-state index in [4.69, 9.17) is 0 Å². The van der Waals surface area contributed by atoms with Crippen LogP contribution in [-0.4, -0.2) is 9.51 Å². The lowest BCUT2D eigenvalue weighted by molar-refractivity contribution is 0.482. The molecule has 0 bridgehead atoms. The van der Waals surface area contributed by atoms with Crippen molar-refractivity contribution in [2.24, 2.45) is 0 Å². The summed E-state index contributed by atoms with van der Waals surface area (Å²) in [5.74, 6) is 0.342. The van der Waals surface area contributed by atoms with Crippen LogP contribution >= 0.6 is 0 Å². The second-order valence-electron chi connectivity index (χ2n) is 8.30.